The second-order valence-electron chi connectivity index (χ2n) is 9.69. The van der Waals surface area contributed by atoms with Gasteiger partial charge in [0.2, 0.25) is 5.91 Å². The molecule has 1 aromatic rings. The molecule has 0 N–H and O–H groups in total. The highest BCUT2D eigenvalue weighted by molar-refractivity contribution is 5.94. The van der Waals surface area contributed by atoms with Gasteiger partial charge >= 0.3 is 0 Å². The third-order valence-corrected chi connectivity index (χ3v) is 7.87. The molecule has 2 amide bonds. The fraction of sp³-hybridized carbons (Fsp3) is 0.667. The number of hydrogen-bond acceptors (Lipinski definition) is 4. The van der Waals surface area contributed by atoms with Gasteiger partial charge in [-0.2, -0.15) is 0 Å². The summed E-state index contributed by atoms with van der Waals surface area (Å²) < 4.78 is 19.0. The molecule has 1 aromatic carbocycles. The number of likely N-dealkylation sites (tertiary alicyclic amines) is 2. The Bertz CT molecular complexity index is 854. The van der Waals surface area contributed by atoms with Crippen LogP contribution in [0.2, 0.25) is 0 Å². The zero-order chi connectivity index (χ0) is 21.5. The Kier molecular flexibility index (Phi) is 5.63. The first-order valence-electron chi connectivity index (χ1n) is 11.7. The third-order valence-electron chi connectivity index (χ3n) is 7.87. The van der Waals surface area contributed by atoms with Gasteiger partial charge in [0.05, 0.1) is 7.11 Å². The molecular weight excluding hydrogens is 397 g/mol. The molecule has 4 saturated heterocycles. The highest BCUT2D eigenvalue weighted by Crippen LogP contribution is 2.39. The number of ether oxygens (including phenoxy) is 1. The van der Waals surface area contributed by atoms with Crippen molar-refractivity contribution in [2.24, 2.45) is 11.8 Å². The van der Waals surface area contributed by atoms with Crippen LogP contribution in [-0.4, -0.2) is 78.4 Å². The number of amides is 2. The van der Waals surface area contributed by atoms with Crippen molar-refractivity contribution in [3.63, 3.8) is 0 Å². The van der Waals surface area contributed by atoms with Crippen molar-refractivity contribution in [3.05, 3.63) is 29.6 Å². The normalized spacial score (nSPS) is 29.6. The van der Waals surface area contributed by atoms with E-state index in [1.54, 1.807) is 6.07 Å². The Balaban J connectivity index is 1.19. The lowest BCUT2D eigenvalue weighted by molar-refractivity contribution is -0.145. The Labute approximate surface area is 183 Å². The van der Waals surface area contributed by atoms with E-state index < -0.39 is 5.82 Å². The van der Waals surface area contributed by atoms with Crippen molar-refractivity contribution in [1.29, 1.82) is 0 Å². The minimum atomic E-state index is -0.502. The summed E-state index contributed by atoms with van der Waals surface area (Å²) in [6.07, 6.45) is 6.08. The maximum atomic E-state index is 14.0. The molecule has 4 fully saturated rings. The average molecular weight is 430 g/mol. The van der Waals surface area contributed by atoms with Crippen LogP contribution in [0.25, 0.3) is 0 Å². The first-order valence-corrected chi connectivity index (χ1v) is 11.7. The van der Waals surface area contributed by atoms with Gasteiger partial charge in [-0.15, -0.1) is 0 Å². The predicted molar refractivity (Wildman–Crippen MR) is 114 cm³/mol. The SMILES string of the molecule is COc1ccc(C(=O)N2CCC(N3CC4CC(C3)[C@H]3CCCC(=O)N3C4)CC2)cc1F. The monoisotopic (exact) mass is 429 g/mol. The molecule has 0 aliphatic carbocycles. The smallest absolute Gasteiger partial charge is 0.253 e. The fourth-order valence-electron chi connectivity index (χ4n) is 6.36. The number of benzene rings is 1. The third kappa shape index (κ3) is 3.93. The van der Waals surface area contributed by atoms with Gasteiger partial charge < -0.3 is 14.5 Å². The molecule has 4 aliphatic rings. The zero-order valence-corrected chi connectivity index (χ0v) is 18.3. The molecule has 4 aliphatic heterocycles. The topological polar surface area (TPSA) is 53.1 Å². The fourth-order valence-corrected chi connectivity index (χ4v) is 6.36. The Hall–Kier alpha value is -2.15. The van der Waals surface area contributed by atoms with E-state index in [1.165, 1.54) is 25.7 Å². The highest BCUT2D eigenvalue weighted by atomic mass is 19.1. The summed E-state index contributed by atoms with van der Waals surface area (Å²) >= 11 is 0. The van der Waals surface area contributed by atoms with E-state index in [0.717, 1.165) is 51.7 Å². The van der Waals surface area contributed by atoms with E-state index >= 15 is 0 Å². The van der Waals surface area contributed by atoms with Gasteiger partial charge in [0.1, 0.15) is 0 Å². The molecule has 2 unspecified atom stereocenters. The Morgan fingerprint density at radius 3 is 2.68 bits per heavy atom. The van der Waals surface area contributed by atoms with Crippen molar-refractivity contribution in [1.82, 2.24) is 14.7 Å². The van der Waals surface area contributed by atoms with Gasteiger partial charge in [-0.3, -0.25) is 14.5 Å². The predicted octanol–water partition coefficient (Wildman–Crippen LogP) is 2.77. The Morgan fingerprint density at radius 1 is 1.13 bits per heavy atom. The number of hydrogen-bond donors (Lipinski definition) is 0. The van der Waals surface area contributed by atoms with Crippen molar-refractivity contribution in [2.45, 2.75) is 50.6 Å². The second kappa shape index (κ2) is 8.41. The molecule has 3 atom stereocenters. The van der Waals surface area contributed by atoms with Crippen LogP contribution in [0, 0.1) is 17.7 Å². The lowest BCUT2D eigenvalue weighted by atomic mass is 9.75. The summed E-state index contributed by atoms with van der Waals surface area (Å²) in [6.45, 7) is 4.48. The van der Waals surface area contributed by atoms with Crippen molar-refractivity contribution in [3.8, 4) is 5.75 Å². The van der Waals surface area contributed by atoms with Gasteiger partial charge in [-0.05, 0) is 62.1 Å². The number of piperidine rings is 4. The lowest BCUT2D eigenvalue weighted by Gasteiger charge is -2.54. The number of carbonyl (C=O) groups is 2. The van der Waals surface area contributed by atoms with Crippen LogP contribution in [0.3, 0.4) is 0 Å². The van der Waals surface area contributed by atoms with Crippen LogP contribution in [0.1, 0.15) is 48.9 Å². The first-order chi connectivity index (χ1) is 15.0. The molecule has 168 valence electrons. The van der Waals surface area contributed by atoms with Gasteiger partial charge in [0.15, 0.2) is 11.6 Å². The van der Waals surface area contributed by atoms with Crippen LogP contribution < -0.4 is 4.74 Å². The maximum absolute atomic E-state index is 14.0. The molecule has 5 rings (SSSR count). The molecule has 2 bridgehead atoms. The van der Waals surface area contributed by atoms with Crippen LogP contribution in [0.4, 0.5) is 4.39 Å². The van der Waals surface area contributed by atoms with Crippen LogP contribution in [-0.2, 0) is 4.79 Å². The molecular formula is C24H32FN3O3. The minimum Gasteiger partial charge on any atom is -0.494 e. The molecule has 0 spiro atoms. The summed E-state index contributed by atoms with van der Waals surface area (Å²) in [7, 11) is 1.42. The minimum absolute atomic E-state index is 0.105. The first kappa shape index (κ1) is 20.7. The van der Waals surface area contributed by atoms with E-state index in [1.807, 2.05) is 4.90 Å². The number of fused-ring (bicyclic) bond motifs is 4. The van der Waals surface area contributed by atoms with Gasteiger partial charge in [0.25, 0.3) is 5.91 Å². The van der Waals surface area contributed by atoms with E-state index in [2.05, 4.69) is 9.80 Å². The molecule has 4 heterocycles. The van der Waals surface area contributed by atoms with Crippen LogP contribution >= 0.6 is 0 Å². The highest BCUT2D eigenvalue weighted by Gasteiger charge is 2.45. The quantitative estimate of drug-likeness (QED) is 0.742. The van der Waals surface area contributed by atoms with E-state index in [-0.39, 0.29) is 11.7 Å². The second-order valence-corrected chi connectivity index (χ2v) is 9.69. The number of nitrogens with zero attached hydrogens (tertiary/aromatic N) is 3. The van der Waals surface area contributed by atoms with Gasteiger partial charge in [-0.25, -0.2) is 4.39 Å². The molecule has 0 saturated carbocycles. The number of rotatable bonds is 3. The molecule has 7 heteroatoms. The number of carbonyl (C=O) groups excluding carboxylic acids is 2. The summed E-state index contributed by atoms with van der Waals surface area (Å²) in [5.41, 5.74) is 0.381. The standard InChI is InChI=1S/C24H32FN3O3/c1-31-22-6-5-17(12-20(22)25)24(30)26-9-7-19(8-10-26)27-13-16-11-18(15-27)21-3-2-4-23(29)28(21)14-16/h5-6,12,16,18-19,21H,2-4,7-11,13-15H2,1H3/t16?,18?,21-/m1/s1. The summed E-state index contributed by atoms with van der Waals surface area (Å²) in [6, 6.07) is 5.36. The lowest BCUT2D eigenvalue weighted by Crippen LogP contribution is -2.62. The largest absolute Gasteiger partial charge is 0.494 e. The van der Waals surface area contributed by atoms with E-state index in [9.17, 15) is 14.0 Å². The maximum Gasteiger partial charge on any atom is 0.253 e. The van der Waals surface area contributed by atoms with Gasteiger partial charge in [0, 0.05) is 56.8 Å². The molecule has 31 heavy (non-hydrogen) atoms. The van der Waals surface area contributed by atoms with E-state index in [4.69, 9.17) is 4.74 Å². The summed E-state index contributed by atoms with van der Waals surface area (Å²) in [4.78, 5) is 31.9. The number of halogens is 1. The summed E-state index contributed by atoms with van der Waals surface area (Å²) in [5.74, 6) is 1.09. The molecule has 6 nitrogen and oxygen atoms in total. The van der Waals surface area contributed by atoms with E-state index in [0.29, 0.717) is 48.5 Å². The average Bonchev–Trinajstić information content (AvgIpc) is 2.79. The molecule has 0 radical (unpaired) electrons. The van der Waals surface area contributed by atoms with Crippen LogP contribution in [0.15, 0.2) is 18.2 Å². The van der Waals surface area contributed by atoms with Crippen molar-refractivity contribution >= 4 is 11.8 Å². The van der Waals surface area contributed by atoms with Crippen molar-refractivity contribution in [2.75, 3.05) is 39.8 Å². The Morgan fingerprint density at radius 2 is 1.94 bits per heavy atom. The molecule has 0 aromatic heterocycles. The summed E-state index contributed by atoms with van der Waals surface area (Å²) in [5, 5.41) is 0. The van der Waals surface area contributed by atoms with Gasteiger partial charge in [-0.1, -0.05) is 0 Å². The van der Waals surface area contributed by atoms with Crippen LogP contribution in [0.5, 0.6) is 5.75 Å². The van der Waals surface area contributed by atoms with Crippen molar-refractivity contribution < 1.29 is 18.7 Å². The number of methoxy groups -OCH3 is 1. The zero-order valence-electron chi connectivity index (χ0n) is 18.3.